The van der Waals surface area contributed by atoms with Gasteiger partial charge in [0.1, 0.15) is 0 Å². The largest absolute Gasteiger partial charge is 0.311 e. The molecular formula is C57H49BN2. The Bertz CT molecular complexity index is 3060. The predicted molar refractivity (Wildman–Crippen MR) is 260 cm³/mol. The van der Waals surface area contributed by atoms with Crippen LogP contribution in [-0.2, 0) is 19.3 Å². The number of rotatable bonds is 9. The van der Waals surface area contributed by atoms with Crippen molar-refractivity contribution in [3.8, 4) is 11.1 Å². The number of hydrogen-bond donors (Lipinski definition) is 0. The van der Waals surface area contributed by atoms with Crippen molar-refractivity contribution in [1.82, 2.24) is 0 Å². The summed E-state index contributed by atoms with van der Waals surface area (Å²) in [5.74, 6) is 0. The molecule has 0 spiro atoms. The minimum Gasteiger partial charge on any atom is -0.311 e. The van der Waals surface area contributed by atoms with Crippen molar-refractivity contribution < 1.29 is 0 Å². The second-order valence-electron chi connectivity index (χ2n) is 16.9. The van der Waals surface area contributed by atoms with Gasteiger partial charge in [-0.2, -0.15) is 0 Å². The molecule has 0 amide bonds. The average Bonchev–Trinajstić information content (AvgIpc) is 3.30. The van der Waals surface area contributed by atoms with Crippen molar-refractivity contribution in [2.45, 2.75) is 59.3 Å². The SMILES string of the molecule is CCCc1ccc(N2c3ccc(CCC)cc3B3c4cc(CCC)ccc4N(c4ccc(-c5ccc6c7ccccc7c7ccccc7c6c5)cc4)c4cccc2c43)cc1. The number of benzene rings is 9. The summed E-state index contributed by atoms with van der Waals surface area (Å²) in [6.45, 7) is 6.97. The molecule has 0 fully saturated rings. The Morgan fingerprint density at radius 3 is 1.30 bits per heavy atom. The van der Waals surface area contributed by atoms with Crippen LogP contribution in [-0.4, -0.2) is 6.71 Å². The van der Waals surface area contributed by atoms with Gasteiger partial charge in [0.2, 0.25) is 0 Å². The molecule has 0 aromatic heterocycles. The molecule has 0 aliphatic carbocycles. The molecule has 0 bridgehead atoms. The summed E-state index contributed by atoms with van der Waals surface area (Å²) in [5.41, 5.74) is 18.3. The highest BCUT2D eigenvalue weighted by molar-refractivity contribution is 7.00. The minimum absolute atomic E-state index is 0.129. The Balaban J connectivity index is 1.08. The van der Waals surface area contributed by atoms with Crippen molar-refractivity contribution >= 4 is 89.5 Å². The molecule has 3 heteroatoms. The molecule has 0 radical (unpaired) electrons. The summed E-state index contributed by atoms with van der Waals surface area (Å²) in [6, 6.07) is 64.9. The van der Waals surface area contributed by atoms with Gasteiger partial charge in [0.15, 0.2) is 0 Å². The lowest BCUT2D eigenvalue weighted by Gasteiger charge is -2.44. The van der Waals surface area contributed by atoms with Gasteiger partial charge in [-0.05, 0) is 150 Å². The monoisotopic (exact) mass is 772 g/mol. The van der Waals surface area contributed by atoms with Crippen LogP contribution in [0.2, 0.25) is 0 Å². The fraction of sp³-hybridized carbons (Fsp3) is 0.158. The Morgan fingerprint density at radius 1 is 0.350 bits per heavy atom. The van der Waals surface area contributed by atoms with Gasteiger partial charge in [-0.3, -0.25) is 0 Å². The van der Waals surface area contributed by atoms with Crippen LogP contribution in [0.1, 0.15) is 56.7 Å². The average molecular weight is 773 g/mol. The van der Waals surface area contributed by atoms with Crippen molar-refractivity contribution in [3.05, 3.63) is 187 Å². The summed E-state index contributed by atoms with van der Waals surface area (Å²) in [4.78, 5) is 5.07. The van der Waals surface area contributed by atoms with E-state index in [4.69, 9.17) is 0 Å². The molecule has 0 saturated heterocycles. The molecule has 2 aliphatic heterocycles. The maximum atomic E-state index is 2.54. The van der Waals surface area contributed by atoms with E-state index >= 15 is 0 Å². The minimum atomic E-state index is 0.129. The molecule has 11 rings (SSSR count). The first-order chi connectivity index (χ1) is 29.6. The molecule has 60 heavy (non-hydrogen) atoms. The fourth-order valence-electron chi connectivity index (χ4n) is 10.5. The van der Waals surface area contributed by atoms with Crippen LogP contribution >= 0.6 is 0 Å². The lowest BCUT2D eigenvalue weighted by Crippen LogP contribution is -2.61. The highest BCUT2D eigenvalue weighted by Crippen LogP contribution is 2.45. The zero-order valence-electron chi connectivity index (χ0n) is 34.9. The van der Waals surface area contributed by atoms with E-state index in [-0.39, 0.29) is 6.71 Å². The molecule has 0 unspecified atom stereocenters. The summed E-state index contributed by atoms with van der Waals surface area (Å²) in [7, 11) is 0. The number of anilines is 6. The maximum Gasteiger partial charge on any atom is 0.252 e. The van der Waals surface area contributed by atoms with Gasteiger partial charge in [-0.25, -0.2) is 0 Å². The smallest absolute Gasteiger partial charge is 0.252 e. The van der Waals surface area contributed by atoms with Crippen LogP contribution in [0.4, 0.5) is 34.1 Å². The van der Waals surface area contributed by atoms with Gasteiger partial charge in [-0.1, -0.05) is 155 Å². The number of hydrogen-bond acceptors (Lipinski definition) is 2. The van der Waals surface area contributed by atoms with Crippen LogP contribution in [0.5, 0.6) is 0 Å². The molecule has 2 nitrogen and oxygen atoms in total. The number of aryl methyl sites for hydroxylation is 3. The first-order valence-corrected chi connectivity index (χ1v) is 22.1. The van der Waals surface area contributed by atoms with Gasteiger partial charge < -0.3 is 9.80 Å². The van der Waals surface area contributed by atoms with Crippen molar-refractivity contribution in [2.24, 2.45) is 0 Å². The van der Waals surface area contributed by atoms with E-state index in [1.165, 1.54) is 111 Å². The summed E-state index contributed by atoms with van der Waals surface area (Å²) in [6.07, 6.45) is 6.63. The normalized spacial score (nSPS) is 12.9. The van der Waals surface area contributed by atoms with Crippen molar-refractivity contribution in [3.63, 3.8) is 0 Å². The molecule has 2 heterocycles. The highest BCUT2D eigenvalue weighted by Gasteiger charge is 2.43. The van der Waals surface area contributed by atoms with Crippen LogP contribution in [0.15, 0.2) is 170 Å². The van der Waals surface area contributed by atoms with Crippen molar-refractivity contribution in [2.75, 3.05) is 9.80 Å². The lowest BCUT2D eigenvalue weighted by molar-refractivity contribution is 0.921. The Hall–Kier alpha value is -6.58. The third kappa shape index (κ3) is 5.86. The van der Waals surface area contributed by atoms with Crippen LogP contribution < -0.4 is 26.2 Å². The van der Waals surface area contributed by atoms with E-state index in [9.17, 15) is 0 Å². The first kappa shape index (κ1) is 36.5. The van der Waals surface area contributed by atoms with Gasteiger partial charge in [0.25, 0.3) is 6.71 Å². The first-order valence-electron chi connectivity index (χ1n) is 22.1. The summed E-state index contributed by atoms with van der Waals surface area (Å²) >= 11 is 0. The molecular weight excluding hydrogens is 723 g/mol. The lowest BCUT2D eigenvalue weighted by atomic mass is 9.33. The summed E-state index contributed by atoms with van der Waals surface area (Å²) in [5, 5.41) is 7.82. The predicted octanol–water partition coefficient (Wildman–Crippen LogP) is 13.8. The molecule has 9 aromatic rings. The second-order valence-corrected chi connectivity index (χ2v) is 16.9. The van der Waals surface area contributed by atoms with E-state index in [0.717, 1.165) is 38.5 Å². The summed E-state index contributed by atoms with van der Waals surface area (Å²) < 4.78 is 0. The van der Waals surface area contributed by atoms with E-state index in [2.05, 4.69) is 200 Å². The van der Waals surface area contributed by atoms with E-state index in [1.54, 1.807) is 0 Å². The zero-order valence-corrected chi connectivity index (χ0v) is 34.9. The Labute approximate surface area is 354 Å². The molecule has 0 atom stereocenters. The molecule has 290 valence electrons. The Morgan fingerprint density at radius 2 is 0.783 bits per heavy atom. The van der Waals surface area contributed by atoms with Crippen LogP contribution in [0.25, 0.3) is 43.4 Å². The molecule has 2 aliphatic rings. The van der Waals surface area contributed by atoms with Crippen LogP contribution in [0, 0.1) is 0 Å². The Kier molecular flexibility index (Phi) is 9.07. The van der Waals surface area contributed by atoms with Gasteiger partial charge in [-0.15, -0.1) is 0 Å². The third-order valence-electron chi connectivity index (χ3n) is 13.1. The topological polar surface area (TPSA) is 6.48 Å². The van der Waals surface area contributed by atoms with E-state index in [0.29, 0.717) is 0 Å². The van der Waals surface area contributed by atoms with Gasteiger partial charge in [0.05, 0.1) is 0 Å². The van der Waals surface area contributed by atoms with E-state index in [1.807, 2.05) is 0 Å². The zero-order chi connectivity index (χ0) is 40.3. The van der Waals surface area contributed by atoms with Gasteiger partial charge in [0, 0.05) is 34.1 Å². The highest BCUT2D eigenvalue weighted by atomic mass is 15.2. The maximum absolute atomic E-state index is 2.54. The van der Waals surface area contributed by atoms with Gasteiger partial charge >= 0.3 is 0 Å². The second kappa shape index (κ2) is 14.9. The third-order valence-corrected chi connectivity index (χ3v) is 13.1. The molecule has 0 saturated carbocycles. The van der Waals surface area contributed by atoms with Crippen LogP contribution in [0.3, 0.4) is 0 Å². The molecule has 0 N–H and O–H groups in total. The standard InChI is InChI=1S/C57H49BN2/c1-4-12-38-21-28-43(29-22-38)59-53-33-23-39(13-5-2)35-51(53)58-52-36-40(14-6-3)24-34-54(52)60(56-20-11-19-55(59)57(56)58)44-30-25-41(26-31-44)42-27-32-49-47-17-8-7-15-45(47)46-16-9-10-18-48(46)50(49)37-42/h7-11,15-37H,4-6,12-14H2,1-3H3. The fourth-order valence-corrected chi connectivity index (χ4v) is 10.5. The number of nitrogens with zero attached hydrogens (tertiary/aromatic N) is 2. The molecule has 9 aromatic carbocycles. The van der Waals surface area contributed by atoms with E-state index < -0.39 is 0 Å². The number of fused-ring (bicyclic) bond motifs is 10. The van der Waals surface area contributed by atoms with Crippen molar-refractivity contribution in [1.29, 1.82) is 0 Å². The quantitative estimate of drug-likeness (QED) is 0.106.